The molecule has 0 aliphatic heterocycles. The minimum absolute atomic E-state index is 0.0353. The second kappa shape index (κ2) is 7.59. The first kappa shape index (κ1) is 17.5. The Labute approximate surface area is 140 Å². The normalized spacial score (nSPS) is 17.4. The van der Waals surface area contributed by atoms with Crippen molar-refractivity contribution in [3.05, 3.63) is 34.3 Å². The van der Waals surface area contributed by atoms with Gasteiger partial charge in [0.05, 0.1) is 17.0 Å². The summed E-state index contributed by atoms with van der Waals surface area (Å²) in [6.45, 7) is 1.89. The molecule has 1 aromatic rings. The van der Waals surface area contributed by atoms with E-state index in [1.165, 1.54) is 0 Å². The van der Waals surface area contributed by atoms with Gasteiger partial charge in [-0.2, -0.15) is 0 Å². The molecule has 4 nitrogen and oxygen atoms in total. The Hall–Kier alpha value is -0.880. The van der Waals surface area contributed by atoms with E-state index in [4.69, 9.17) is 0 Å². The third kappa shape index (κ3) is 4.56. The Morgan fingerprint density at radius 2 is 1.95 bits per heavy atom. The molecule has 1 fully saturated rings. The van der Waals surface area contributed by atoms with Gasteiger partial charge in [0.15, 0.2) is 9.84 Å². The van der Waals surface area contributed by atoms with Crippen LogP contribution in [0, 0.1) is 0 Å². The first-order valence-electron chi connectivity index (χ1n) is 7.65. The average molecular weight is 388 g/mol. The molecule has 1 amide bonds. The van der Waals surface area contributed by atoms with Crippen LogP contribution in [-0.2, 0) is 14.6 Å². The van der Waals surface area contributed by atoms with Crippen molar-refractivity contribution in [3.8, 4) is 0 Å². The number of rotatable bonds is 6. The highest BCUT2D eigenvalue weighted by atomic mass is 79.9. The average Bonchev–Trinajstić information content (AvgIpc) is 3.00. The quantitative estimate of drug-likeness (QED) is 0.813. The maximum atomic E-state index is 12.2. The van der Waals surface area contributed by atoms with Crippen molar-refractivity contribution in [1.82, 2.24) is 5.32 Å². The fourth-order valence-corrected chi connectivity index (χ4v) is 5.35. The van der Waals surface area contributed by atoms with E-state index in [-0.39, 0.29) is 29.4 Å². The van der Waals surface area contributed by atoms with Crippen LogP contribution in [0.3, 0.4) is 0 Å². The molecule has 0 aromatic heterocycles. The minimum Gasteiger partial charge on any atom is -0.350 e. The van der Waals surface area contributed by atoms with Gasteiger partial charge in [-0.25, -0.2) is 8.42 Å². The maximum absolute atomic E-state index is 12.2. The molecule has 0 spiro atoms. The van der Waals surface area contributed by atoms with Gasteiger partial charge in [-0.15, -0.1) is 0 Å². The standard InChI is InChI=1S/C16H22BrNO3S/c1-12(14-8-4-5-9-15(14)17)18-16(19)10-11-22(20,21)13-6-2-3-7-13/h4-5,8-9,12-13H,2-3,6-7,10-11H2,1H3,(H,18,19). The van der Waals surface area contributed by atoms with Crippen LogP contribution in [0.4, 0.5) is 0 Å². The molecule has 1 aliphatic carbocycles. The predicted octanol–water partition coefficient (Wildman–Crippen LogP) is 3.37. The Balaban J connectivity index is 1.86. The molecule has 0 heterocycles. The molecule has 1 saturated carbocycles. The van der Waals surface area contributed by atoms with Crippen LogP contribution in [0.1, 0.15) is 50.6 Å². The van der Waals surface area contributed by atoms with Crippen molar-refractivity contribution in [2.75, 3.05) is 5.75 Å². The Kier molecular flexibility index (Phi) is 6.03. The minimum atomic E-state index is -3.13. The molecule has 0 saturated heterocycles. The van der Waals surface area contributed by atoms with Crippen LogP contribution < -0.4 is 5.32 Å². The molecule has 1 aromatic carbocycles. The largest absolute Gasteiger partial charge is 0.350 e. The van der Waals surface area contributed by atoms with Gasteiger partial charge in [-0.1, -0.05) is 47.0 Å². The van der Waals surface area contributed by atoms with Crippen molar-refractivity contribution in [3.63, 3.8) is 0 Å². The zero-order chi connectivity index (χ0) is 16.2. The van der Waals surface area contributed by atoms with Gasteiger partial charge in [0, 0.05) is 10.9 Å². The first-order chi connectivity index (χ1) is 10.4. The molecule has 0 bridgehead atoms. The van der Waals surface area contributed by atoms with Crippen molar-refractivity contribution in [2.45, 2.75) is 50.3 Å². The SMILES string of the molecule is CC(NC(=O)CCS(=O)(=O)C1CCCC1)c1ccccc1Br. The van der Waals surface area contributed by atoms with Crippen molar-refractivity contribution < 1.29 is 13.2 Å². The van der Waals surface area contributed by atoms with E-state index in [9.17, 15) is 13.2 Å². The summed E-state index contributed by atoms with van der Waals surface area (Å²) in [5, 5.41) is 2.63. The third-order valence-electron chi connectivity index (χ3n) is 4.17. The van der Waals surface area contributed by atoms with Gasteiger partial charge in [0.1, 0.15) is 0 Å². The molecule has 0 radical (unpaired) electrons. The molecule has 122 valence electrons. The highest BCUT2D eigenvalue weighted by Crippen LogP contribution is 2.26. The topological polar surface area (TPSA) is 63.2 Å². The molecule has 1 unspecified atom stereocenters. The van der Waals surface area contributed by atoms with Crippen LogP contribution in [0.2, 0.25) is 0 Å². The highest BCUT2D eigenvalue weighted by Gasteiger charge is 2.29. The first-order valence-corrected chi connectivity index (χ1v) is 10.2. The smallest absolute Gasteiger partial charge is 0.221 e. The van der Waals surface area contributed by atoms with Gasteiger partial charge in [0.25, 0.3) is 0 Å². The van der Waals surface area contributed by atoms with Crippen LogP contribution in [-0.4, -0.2) is 25.3 Å². The van der Waals surface area contributed by atoms with E-state index in [2.05, 4.69) is 21.2 Å². The number of hydrogen-bond donors (Lipinski definition) is 1. The van der Waals surface area contributed by atoms with Crippen LogP contribution in [0.15, 0.2) is 28.7 Å². The second-order valence-electron chi connectivity index (χ2n) is 5.83. The number of carbonyl (C=O) groups excluding carboxylic acids is 1. The number of halogens is 1. The summed E-state index contributed by atoms with van der Waals surface area (Å²) in [4.78, 5) is 12.0. The molecule has 1 aliphatic rings. The lowest BCUT2D eigenvalue weighted by molar-refractivity contribution is -0.121. The number of hydrogen-bond acceptors (Lipinski definition) is 3. The van der Waals surface area contributed by atoms with Crippen LogP contribution in [0.5, 0.6) is 0 Å². The summed E-state index contributed by atoms with van der Waals surface area (Å²) in [7, 11) is -3.13. The predicted molar refractivity (Wildman–Crippen MR) is 91.4 cm³/mol. The number of amides is 1. The van der Waals surface area contributed by atoms with Gasteiger partial charge in [-0.3, -0.25) is 4.79 Å². The number of carbonyl (C=O) groups is 1. The highest BCUT2D eigenvalue weighted by molar-refractivity contribution is 9.10. The molecule has 1 atom stereocenters. The summed E-state index contributed by atoms with van der Waals surface area (Å²) >= 11 is 3.46. The molecule has 6 heteroatoms. The zero-order valence-electron chi connectivity index (χ0n) is 12.7. The maximum Gasteiger partial charge on any atom is 0.221 e. The lowest BCUT2D eigenvalue weighted by atomic mass is 10.1. The summed E-state index contributed by atoms with van der Waals surface area (Å²) in [5.41, 5.74) is 0.981. The van der Waals surface area contributed by atoms with Gasteiger partial charge in [0.2, 0.25) is 5.91 Å². The second-order valence-corrected chi connectivity index (χ2v) is 9.09. The molecule has 22 heavy (non-hydrogen) atoms. The fraction of sp³-hybridized carbons (Fsp3) is 0.562. The van der Waals surface area contributed by atoms with E-state index in [1.54, 1.807) is 0 Å². The Morgan fingerprint density at radius 3 is 2.59 bits per heavy atom. The lowest BCUT2D eigenvalue weighted by Crippen LogP contribution is -2.30. The molecule has 1 N–H and O–H groups in total. The van der Waals surface area contributed by atoms with Crippen molar-refractivity contribution in [2.24, 2.45) is 0 Å². The summed E-state index contributed by atoms with van der Waals surface area (Å²) in [6, 6.07) is 7.52. The summed E-state index contributed by atoms with van der Waals surface area (Å²) < 4.78 is 25.3. The van der Waals surface area contributed by atoms with Crippen LogP contribution >= 0.6 is 15.9 Å². The van der Waals surface area contributed by atoms with Crippen molar-refractivity contribution in [1.29, 1.82) is 0 Å². The van der Waals surface area contributed by atoms with E-state index in [1.807, 2.05) is 31.2 Å². The zero-order valence-corrected chi connectivity index (χ0v) is 15.1. The Bertz CT molecular complexity index is 624. The molecular formula is C16H22BrNO3S. The van der Waals surface area contributed by atoms with E-state index in [0.717, 1.165) is 35.7 Å². The fourth-order valence-electron chi connectivity index (χ4n) is 2.87. The molecular weight excluding hydrogens is 366 g/mol. The summed E-state index contributed by atoms with van der Waals surface area (Å²) in [6.07, 6.45) is 3.49. The van der Waals surface area contributed by atoms with Crippen LogP contribution in [0.25, 0.3) is 0 Å². The van der Waals surface area contributed by atoms with Crippen molar-refractivity contribution >= 4 is 31.7 Å². The lowest BCUT2D eigenvalue weighted by Gasteiger charge is -2.16. The van der Waals surface area contributed by atoms with E-state index < -0.39 is 9.84 Å². The number of nitrogens with one attached hydrogen (secondary N) is 1. The number of sulfone groups is 1. The van der Waals surface area contributed by atoms with Gasteiger partial charge < -0.3 is 5.32 Å². The Morgan fingerprint density at radius 1 is 1.32 bits per heavy atom. The third-order valence-corrected chi connectivity index (χ3v) is 7.16. The number of benzene rings is 1. The monoisotopic (exact) mass is 387 g/mol. The molecule has 2 rings (SSSR count). The van der Waals surface area contributed by atoms with Gasteiger partial charge in [-0.05, 0) is 31.4 Å². The van der Waals surface area contributed by atoms with Gasteiger partial charge >= 0.3 is 0 Å². The van der Waals surface area contributed by atoms with E-state index >= 15 is 0 Å². The van der Waals surface area contributed by atoms with E-state index in [0.29, 0.717) is 0 Å². The summed E-state index contributed by atoms with van der Waals surface area (Å²) in [5.74, 6) is -0.267.